The van der Waals surface area contributed by atoms with Gasteiger partial charge in [-0.25, -0.2) is 0 Å². The van der Waals surface area contributed by atoms with Crippen molar-refractivity contribution in [3.05, 3.63) is 25.1 Å². The molecular formula is C14H18Br2N4O2. The van der Waals surface area contributed by atoms with E-state index in [0.717, 1.165) is 19.4 Å². The van der Waals surface area contributed by atoms with Crippen molar-refractivity contribution in [2.45, 2.75) is 46.1 Å². The van der Waals surface area contributed by atoms with Gasteiger partial charge in [-0.3, -0.25) is 10.1 Å². The Morgan fingerprint density at radius 2 is 2.00 bits per heavy atom. The summed E-state index contributed by atoms with van der Waals surface area (Å²) >= 11 is 6.62. The van der Waals surface area contributed by atoms with Gasteiger partial charge in [0.15, 0.2) is 0 Å². The molecule has 6 nitrogen and oxygen atoms in total. The maximum Gasteiger partial charge on any atom is 0.287 e. The molecule has 0 saturated carbocycles. The van der Waals surface area contributed by atoms with Crippen LogP contribution in [-0.4, -0.2) is 19.9 Å². The lowest BCUT2D eigenvalue weighted by Gasteiger charge is -2.12. The van der Waals surface area contributed by atoms with E-state index in [1.165, 1.54) is 18.9 Å². The lowest BCUT2D eigenvalue weighted by atomic mass is 10.00. The van der Waals surface area contributed by atoms with Crippen molar-refractivity contribution in [3.8, 4) is 0 Å². The molecule has 0 fully saturated rings. The second-order valence-electron chi connectivity index (χ2n) is 5.32. The third kappa shape index (κ3) is 3.65. The molecule has 0 saturated heterocycles. The Morgan fingerprint density at radius 3 is 2.59 bits per heavy atom. The first kappa shape index (κ1) is 17.3. The Balaban J connectivity index is 2.35. The molecule has 1 aromatic carbocycles. The van der Waals surface area contributed by atoms with Crippen LogP contribution in [0.5, 0.6) is 0 Å². The van der Waals surface area contributed by atoms with Gasteiger partial charge in [-0.15, -0.1) is 0 Å². The highest BCUT2D eigenvalue weighted by molar-refractivity contribution is 9.11. The van der Waals surface area contributed by atoms with Gasteiger partial charge in [0.2, 0.25) is 0 Å². The van der Waals surface area contributed by atoms with Gasteiger partial charge in [0.1, 0.15) is 15.5 Å². The van der Waals surface area contributed by atoms with Crippen LogP contribution in [0.4, 0.5) is 5.69 Å². The fraction of sp³-hybridized carbons (Fsp3) is 0.571. The quantitative estimate of drug-likeness (QED) is 0.450. The second kappa shape index (κ2) is 7.50. The highest BCUT2D eigenvalue weighted by Crippen LogP contribution is 2.36. The van der Waals surface area contributed by atoms with Crippen LogP contribution in [0, 0.1) is 16.0 Å². The molecule has 0 bridgehead atoms. The van der Waals surface area contributed by atoms with Gasteiger partial charge in [0.25, 0.3) is 5.69 Å². The van der Waals surface area contributed by atoms with Crippen LogP contribution < -0.4 is 0 Å². The average molecular weight is 434 g/mol. The lowest BCUT2D eigenvalue weighted by molar-refractivity contribution is -0.385. The third-order valence-electron chi connectivity index (χ3n) is 3.74. The zero-order chi connectivity index (χ0) is 16.3. The van der Waals surface area contributed by atoms with E-state index in [1.807, 2.05) is 0 Å². The molecule has 1 aromatic heterocycles. The van der Waals surface area contributed by atoms with E-state index in [4.69, 9.17) is 0 Å². The summed E-state index contributed by atoms with van der Waals surface area (Å²) in [7, 11) is 0. The summed E-state index contributed by atoms with van der Waals surface area (Å²) in [6.45, 7) is 5.08. The summed E-state index contributed by atoms with van der Waals surface area (Å²) in [5.41, 5.74) is 1.15. The molecule has 2 rings (SSSR count). The zero-order valence-corrected chi connectivity index (χ0v) is 15.7. The summed E-state index contributed by atoms with van der Waals surface area (Å²) in [5, 5.41) is 20.0. The maximum atomic E-state index is 11.1. The van der Waals surface area contributed by atoms with E-state index < -0.39 is 4.92 Å². The van der Waals surface area contributed by atoms with Crippen LogP contribution in [0.2, 0.25) is 0 Å². The van der Waals surface area contributed by atoms with E-state index in [0.29, 0.717) is 25.9 Å². The number of rotatable bonds is 7. The summed E-state index contributed by atoms with van der Waals surface area (Å²) in [5.74, 6) is 0.522. The number of unbranched alkanes of at least 4 members (excludes halogenated alkanes) is 1. The van der Waals surface area contributed by atoms with E-state index in [1.54, 1.807) is 4.80 Å². The topological polar surface area (TPSA) is 73.8 Å². The lowest BCUT2D eigenvalue weighted by Crippen LogP contribution is -2.12. The van der Waals surface area contributed by atoms with Crippen molar-refractivity contribution < 1.29 is 4.92 Å². The van der Waals surface area contributed by atoms with Gasteiger partial charge in [0.05, 0.1) is 15.9 Å². The summed E-state index contributed by atoms with van der Waals surface area (Å²) in [4.78, 5) is 12.3. The Kier molecular flexibility index (Phi) is 5.91. The molecule has 1 unspecified atom stereocenters. The molecule has 0 radical (unpaired) electrons. The number of halogens is 2. The minimum atomic E-state index is -0.427. The highest BCUT2D eigenvalue weighted by atomic mass is 79.9. The Morgan fingerprint density at radius 1 is 1.32 bits per heavy atom. The Hall–Kier alpha value is -1.02. The molecule has 0 aliphatic heterocycles. The number of nitro benzene ring substituents is 1. The van der Waals surface area contributed by atoms with Crippen LogP contribution in [0.1, 0.15) is 39.5 Å². The molecule has 0 spiro atoms. The predicted octanol–water partition coefficient (Wildman–Crippen LogP) is 5.08. The van der Waals surface area contributed by atoms with Crippen molar-refractivity contribution in [2.75, 3.05) is 0 Å². The summed E-state index contributed by atoms with van der Waals surface area (Å²) in [6, 6.07) is 1.46. The highest BCUT2D eigenvalue weighted by Gasteiger charge is 2.22. The minimum absolute atomic E-state index is 0.00977. The monoisotopic (exact) mass is 432 g/mol. The maximum absolute atomic E-state index is 11.1. The largest absolute Gasteiger partial charge is 0.287 e. The molecule has 0 aliphatic carbocycles. The van der Waals surface area contributed by atoms with Gasteiger partial charge in [0, 0.05) is 6.07 Å². The Labute approximate surface area is 145 Å². The van der Waals surface area contributed by atoms with Crippen LogP contribution in [0.15, 0.2) is 15.0 Å². The number of fused-ring (bicyclic) bond motifs is 1. The molecule has 0 amide bonds. The predicted molar refractivity (Wildman–Crippen MR) is 92.9 cm³/mol. The first-order chi connectivity index (χ1) is 10.5. The van der Waals surface area contributed by atoms with Crippen molar-refractivity contribution in [3.63, 3.8) is 0 Å². The van der Waals surface area contributed by atoms with E-state index >= 15 is 0 Å². The summed E-state index contributed by atoms with van der Waals surface area (Å²) in [6.07, 6.45) is 4.58. The number of aromatic nitrogens is 3. The van der Waals surface area contributed by atoms with Crippen molar-refractivity contribution in [1.82, 2.24) is 15.0 Å². The molecule has 1 atom stereocenters. The van der Waals surface area contributed by atoms with Gasteiger partial charge in [-0.2, -0.15) is 15.0 Å². The third-order valence-corrected chi connectivity index (χ3v) is 5.13. The molecule has 0 N–H and O–H groups in total. The molecular weight excluding hydrogens is 416 g/mol. The smallest absolute Gasteiger partial charge is 0.258 e. The van der Waals surface area contributed by atoms with E-state index in [9.17, 15) is 10.1 Å². The van der Waals surface area contributed by atoms with Crippen molar-refractivity contribution in [1.29, 1.82) is 0 Å². The molecule has 2 aromatic rings. The number of nitrogens with zero attached hydrogens (tertiary/aromatic N) is 4. The molecule has 8 heteroatoms. The minimum Gasteiger partial charge on any atom is -0.258 e. The SMILES string of the molecule is CCCCC(CC)Cn1nc2c(Br)cc([N+](=O)[O-])c(Br)c2n1. The van der Waals surface area contributed by atoms with Crippen LogP contribution in [0.3, 0.4) is 0 Å². The van der Waals surface area contributed by atoms with E-state index in [2.05, 4.69) is 55.9 Å². The first-order valence-electron chi connectivity index (χ1n) is 7.35. The zero-order valence-electron chi connectivity index (χ0n) is 12.6. The number of hydrogen-bond donors (Lipinski definition) is 0. The van der Waals surface area contributed by atoms with Crippen molar-refractivity contribution in [2.24, 2.45) is 5.92 Å². The molecule has 22 heavy (non-hydrogen) atoms. The summed E-state index contributed by atoms with van der Waals surface area (Å²) < 4.78 is 0.966. The van der Waals surface area contributed by atoms with Crippen LogP contribution in [-0.2, 0) is 6.54 Å². The van der Waals surface area contributed by atoms with Gasteiger partial charge in [-0.1, -0.05) is 33.1 Å². The van der Waals surface area contributed by atoms with Gasteiger partial charge >= 0.3 is 0 Å². The van der Waals surface area contributed by atoms with Gasteiger partial charge < -0.3 is 0 Å². The Bertz CT molecular complexity index is 687. The fourth-order valence-electron chi connectivity index (χ4n) is 2.39. The first-order valence-corrected chi connectivity index (χ1v) is 8.93. The van der Waals surface area contributed by atoms with E-state index in [-0.39, 0.29) is 5.69 Å². The van der Waals surface area contributed by atoms with Gasteiger partial charge in [-0.05, 0) is 44.2 Å². The number of hydrogen-bond acceptors (Lipinski definition) is 4. The normalized spacial score (nSPS) is 12.7. The number of benzene rings is 1. The van der Waals surface area contributed by atoms with Crippen LogP contribution in [0.25, 0.3) is 11.0 Å². The van der Waals surface area contributed by atoms with Crippen LogP contribution >= 0.6 is 31.9 Å². The standard InChI is InChI=1S/C14H18Br2N4O2/c1-3-5-6-9(4-2)8-19-17-13-10(15)7-11(20(21)22)12(16)14(13)18-19/h7,9H,3-6,8H2,1-2H3. The second-order valence-corrected chi connectivity index (χ2v) is 6.96. The number of nitro groups is 1. The molecule has 120 valence electrons. The average Bonchev–Trinajstić information content (AvgIpc) is 2.91. The van der Waals surface area contributed by atoms with Crippen molar-refractivity contribution >= 4 is 48.6 Å². The molecule has 1 heterocycles. The molecule has 0 aliphatic rings. The fourth-order valence-corrected chi connectivity index (χ4v) is 3.40.